The fourth-order valence-corrected chi connectivity index (χ4v) is 0.500. The van der Waals surface area contributed by atoms with Gasteiger partial charge in [0.25, 0.3) is 0 Å². The van der Waals surface area contributed by atoms with Crippen LogP contribution in [0.4, 0.5) is 0 Å². The summed E-state index contributed by atoms with van der Waals surface area (Å²) in [5, 5.41) is 9.10. The summed E-state index contributed by atoms with van der Waals surface area (Å²) in [4.78, 5) is 10.6. The van der Waals surface area contributed by atoms with Crippen LogP contribution >= 0.6 is 0 Å². The minimum atomic E-state index is -2.05. The van der Waals surface area contributed by atoms with E-state index in [9.17, 15) is 4.79 Å². The van der Waals surface area contributed by atoms with E-state index in [0.29, 0.717) is 0 Å². The summed E-state index contributed by atoms with van der Waals surface area (Å²) in [5.74, 6) is -2.61. The summed E-state index contributed by atoms with van der Waals surface area (Å²) in [6, 6.07) is 0. The van der Waals surface area contributed by atoms with E-state index in [4.69, 9.17) is 5.11 Å². The SMILES string of the molecule is CCOC(O)(OC)C(C)=O. The molecule has 0 aliphatic carbocycles. The Bertz CT molecular complexity index is 123. The summed E-state index contributed by atoms with van der Waals surface area (Å²) in [5.41, 5.74) is 0. The van der Waals surface area contributed by atoms with E-state index in [-0.39, 0.29) is 6.61 Å². The third kappa shape index (κ3) is 2.06. The van der Waals surface area contributed by atoms with Gasteiger partial charge in [0.05, 0.1) is 6.61 Å². The van der Waals surface area contributed by atoms with Crippen molar-refractivity contribution in [2.45, 2.75) is 19.8 Å². The van der Waals surface area contributed by atoms with Crippen LogP contribution in [0.25, 0.3) is 0 Å². The Kier molecular flexibility index (Phi) is 3.49. The van der Waals surface area contributed by atoms with Gasteiger partial charge in [0.2, 0.25) is 5.78 Å². The zero-order valence-electron chi connectivity index (χ0n) is 6.38. The predicted molar refractivity (Wildman–Crippen MR) is 34.3 cm³/mol. The standard InChI is InChI=1S/C6H12O4/c1-4-10-6(8,9-3)5(2)7/h8H,4H2,1-3H3. The number of Topliss-reactive ketones (excluding diaryl/α,β-unsaturated/α-hetero) is 1. The Morgan fingerprint density at radius 3 is 2.30 bits per heavy atom. The molecule has 4 heteroatoms. The van der Waals surface area contributed by atoms with Crippen molar-refractivity contribution in [1.82, 2.24) is 0 Å². The van der Waals surface area contributed by atoms with Crippen LogP contribution in [0.3, 0.4) is 0 Å². The molecule has 1 unspecified atom stereocenters. The smallest absolute Gasteiger partial charge is 0.337 e. The largest absolute Gasteiger partial charge is 0.343 e. The van der Waals surface area contributed by atoms with Gasteiger partial charge in [-0.15, -0.1) is 0 Å². The molecule has 0 saturated carbocycles. The molecule has 0 heterocycles. The minimum absolute atomic E-state index is 0.226. The predicted octanol–water partition coefficient (Wildman–Crippen LogP) is -0.0956. The molecule has 0 amide bonds. The third-order valence-corrected chi connectivity index (χ3v) is 1.06. The van der Waals surface area contributed by atoms with Crippen LogP contribution in [0.15, 0.2) is 0 Å². The van der Waals surface area contributed by atoms with Crippen LogP contribution in [0.5, 0.6) is 0 Å². The van der Waals surface area contributed by atoms with Crippen molar-refractivity contribution in [2.75, 3.05) is 13.7 Å². The van der Waals surface area contributed by atoms with Crippen molar-refractivity contribution >= 4 is 5.78 Å². The van der Waals surface area contributed by atoms with Crippen LogP contribution in [0.1, 0.15) is 13.8 Å². The van der Waals surface area contributed by atoms with Gasteiger partial charge in [0.1, 0.15) is 0 Å². The molecule has 0 aliphatic heterocycles. The van der Waals surface area contributed by atoms with Crippen molar-refractivity contribution < 1.29 is 19.4 Å². The summed E-state index contributed by atoms with van der Waals surface area (Å²) in [7, 11) is 1.21. The molecule has 0 rings (SSSR count). The monoisotopic (exact) mass is 148 g/mol. The number of methoxy groups -OCH3 is 1. The maximum absolute atomic E-state index is 10.6. The first-order chi connectivity index (χ1) is 4.56. The van der Waals surface area contributed by atoms with E-state index in [1.165, 1.54) is 14.0 Å². The summed E-state index contributed by atoms with van der Waals surface area (Å²) in [6.45, 7) is 3.08. The van der Waals surface area contributed by atoms with E-state index >= 15 is 0 Å². The van der Waals surface area contributed by atoms with Gasteiger partial charge in [0.15, 0.2) is 0 Å². The molecule has 4 nitrogen and oxygen atoms in total. The zero-order valence-corrected chi connectivity index (χ0v) is 6.38. The second-order valence-electron chi connectivity index (χ2n) is 1.78. The molecular formula is C6H12O4. The first kappa shape index (κ1) is 9.55. The fourth-order valence-electron chi connectivity index (χ4n) is 0.500. The zero-order chi connectivity index (χ0) is 8.20. The first-order valence-electron chi connectivity index (χ1n) is 2.99. The summed E-state index contributed by atoms with van der Waals surface area (Å²) >= 11 is 0. The van der Waals surface area contributed by atoms with E-state index in [1.807, 2.05) is 0 Å². The molecule has 0 aromatic heterocycles. The average Bonchev–Trinajstić information content (AvgIpc) is 1.88. The highest BCUT2D eigenvalue weighted by Gasteiger charge is 2.33. The number of rotatable bonds is 4. The van der Waals surface area contributed by atoms with E-state index in [0.717, 1.165) is 0 Å². The molecule has 0 spiro atoms. The molecule has 0 radical (unpaired) electrons. The molecule has 0 aromatic rings. The molecule has 0 saturated heterocycles. The van der Waals surface area contributed by atoms with Gasteiger partial charge < -0.3 is 14.6 Å². The second kappa shape index (κ2) is 3.65. The highest BCUT2D eigenvalue weighted by Crippen LogP contribution is 2.07. The third-order valence-electron chi connectivity index (χ3n) is 1.06. The maximum atomic E-state index is 10.6. The minimum Gasteiger partial charge on any atom is -0.337 e. The lowest BCUT2D eigenvalue weighted by atomic mass is 10.4. The molecule has 1 N–H and O–H groups in total. The molecule has 0 fully saturated rings. The maximum Gasteiger partial charge on any atom is 0.343 e. The molecule has 60 valence electrons. The molecule has 10 heavy (non-hydrogen) atoms. The Balaban J connectivity index is 4.08. The van der Waals surface area contributed by atoms with Crippen molar-refractivity contribution in [3.63, 3.8) is 0 Å². The number of ether oxygens (including phenoxy) is 2. The fraction of sp³-hybridized carbons (Fsp3) is 0.833. The van der Waals surface area contributed by atoms with Crippen LogP contribution in [-0.2, 0) is 14.3 Å². The number of hydrogen-bond donors (Lipinski definition) is 1. The van der Waals surface area contributed by atoms with Crippen LogP contribution < -0.4 is 0 Å². The number of aliphatic hydroxyl groups is 1. The van der Waals surface area contributed by atoms with Gasteiger partial charge in [-0.1, -0.05) is 0 Å². The molecule has 1 atom stereocenters. The van der Waals surface area contributed by atoms with Crippen LogP contribution in [-0.4, -0.2) is 30.6 Å². The lowest BCUT2D eigenvalue weighted by Crippen LogP contribution is -2.41. The summed E-state index contributed by atoms with van der Waals surface area (Å²) in [6.07, 6.45) is 0. The number of ketones is 1. The molecule has 0 bridgehead atoms. The molecule has 0 aromatic carbocycles. The van der Waals surface area contributed by atoms with Gasteiger partial charge in [-0.25, -0.2) is 0 Å². The van der Waals surface area contributed by atoms with E-state index in [2.05, 4.69) is 9.47 Å². The Labute approximate surface area is 59.7 Å². The van der Waals surface area contributed by atoms with Crippen LogP contribution in [0, 0.1) is 0 Å². The highest BCUT2D eigenvalue weighted by atomic mass is 16.8. The lowest BCUT2D eigenvalue weighted by molar-refractivity contribution is -0.321. The number of carbonyl (C=O) groups excluding carboxylic acids is 1. The average molecular weight is 148 g/mol. The summed E-state index contributed by atoms with van der Waals surface area (Å²) < 4.78 is 9.05. The van der Waals surface area contributed by atoms with Crippen molar-refractivity contribution in [3.05, 3.63) is 0 Å². The number of hydrogen-bond acceptors (Lipinski definition) is 4. The number of carbonyl (C=O) groups is 1. The van der Waals surface area contributed by atoms with Gasteiger partial charge >= 0.3 is 5.97 Å². The van der Waals surface area contributed by atoms with E-state index < -0.39 is 11.8 Å². The van der Waals surface area contributed by atoms with E-state index in [1.54, 1.807) is 6.92 Å². The van der Waals surface area contributed by atoms with Crippen molar-refractivity contribution in [2.24, 2.45) is 0 Å². The van der Waals surface area contributed by atoms with Crippen molar-refractivity contribution in [3.8, 4) is 0 Å². The molecule has 0 aliphatic rings. The topological polar surface area (TPSA) is 55.8 Å². The lowest BCUT2D eigenvalue weighted by Gasteiger charge is -2.21. The van der Waals surface area contributed by atoms with Crippen molar-refractivity contribution in [1.29, 1.82) is 0 Å². The highest BCUT2D eigenvalue weighted by molar-refractivity contribution is 5.81. The van der Waals surface area contributed by atoms with Crippen LogP contribution in [0.2, 0.25) is 0 Å². The second-order valence-corrected chi connectivity index (χ2v) is 1.78. The van der Waals surface area contributed by atoms with Gasteiger partial charge in [-0.3, -0.25) is 4.79 Å². The Hall–Kier alpha value is -0.450. The van der Waals surface area contributed by atoms with Gasteiger partial charge in [0, 0.05) is 14.0 Å². The first-order valence-corrected chi connectivity index (χ1v) is 2.99. The quantitative estimate of drug-likeness (QED) is 0.566. The van der Waals surface area contributed by atoms with Gasteiger partial charge in [-0.2, -0.15) is 0 Å². The molecular weight excluding hydrogens is 136 g/mol. The van der Waals surface area contributed by atoms with Gasteiger partial charge in [-0.05, 0) is 6.92 Å². The Morgan fingerprint density at radius 1 is 1.70 bits per heavy atom. The Morgan fingerprint density at radius 2 is 2.20 bits per heavy atom. The normalized spacial score (nSPS) is 16.4.